The molecular formula is C30H39N7O3. The van der Waals surface area contributed by atoms with Gasteiger partial charge in [0.1, 0.15) is 17.4 Å². The third kappa shape index (κ3) is 6.52. The van der Waals surface area contributed by atoms with Crippen LogP contribution in [0, 0.1) is 0 Å². The largest absolute Gasteiger partial charge is 0.496 e. The first-order valence-electron chi connectivity index (χ1n) is 13.9. The van der Waals surface area contributed by atoms with Gasteiger partial charge in [-0.25, -0.2) is 10.4 Å². The van der Waals surface area contributed by atoms with Gasteiger partial charge in [0.25, 0.3) is 0 Å². The average molecular weight is 546 g/mol. The number of nitrogens with zero attached hydrogens (tertiary/aromatic N) is 5. The van der Waals surface area contributed by atoms with Crippen LogP contribution in [0.15, 0.2) is 41.9 Å². The smallest absolute Gasteiger partial charge is 0.228 e. The van der Waals surface area contributed by atoms with E-state index in [1.54, 1.807) is 7.11 Å². The van der Waals surface area contributed by atoms with E-state index < -0.39 is 0 Å². The molecular weight excluding hydrogens is 506 g/mol. The highest BCUT2D eigenvalue weighted by Gasteiger charge is 2.22. The van der Waals surface area contributed by atoms with Crippen molar-refractivity contribution in [1.82, 2.24) is 20.8 Å². The van der Waals surface area contributed by atoms with Gasteiger partial charge in [0, 0.05) is 49.9 Å². The van der Waals surface area contributed by atoms with Gasteiger partial charge >= 0.3 is 0 Å². The second kappa shape index (κ2) is 13.1. The normalized spacial score (nSPS) is 21.6. The minimum absolute atomic E-state index is 0.133. The molecule has 5 rings (SSSR count). The first-order chi connectivity index (χ1) is 19.6. The van der Waals surface area contributed by atoms with Gasteiger partial charge < -0.3 is 29.4 Å². The van der Waals surface area contributed by atoms with Gasteiger partial charge in [0.2, 0.25) is 5.95 Å². The lowest BCUT2D eigenvalue weighted by Crippen LogP contribution is -2.46. The number of benzene rings is 1. The Morgan fingerprint density at radius 2 is 2.02 bits per heavy atom. The highest BCUT2D eigenvalue weighted by molar-refractivity contribution is 5.83. The van der Waals surface area contributed by atoms with Gasteiger partial charge in [-0.15, -0.1) is 0 Å². The number of amidine groups is 1. The van der Waals surface area contributed by atoms with Crippen LogP contribution < -0.4 is 36.0 Å². The van der Waals surface area contributed by atoms with Crippen LogP contribution in [0.5, 0.6) is 5.75 Å². The Morgan fingerprint density at radius 1 is 1.20 bits per heavy atom. The number of aromatic nitrogens is 2. The zero-order chi connectivity index (χ0) is 27.9. The Kier molecular flexibility index (Phi) is 9.10. The van der Waals surface area contributed by atoms with Crippen molar-refractivity contribution >= 4 is 35.8 Å². The van der Waals surface area contributed by atoms with Gasteiger partial charge in [-0.1, -0.05) is 31.4 Å². The van der Waals surface area contributed by atoms with Crippen molar-refractivity contribution in [2.75, 3.05) is 69.5 Å². The van der Waals surface area contributed by atoms with E-state index in [1.165, 1.54) is 0 Å². The van der Waals surface area contributed by atoms with Gasteiger partial charge in [-0.3, -0.25) is 4.99 Å². The molecule has 0 saturated carbocycles. The number of ether oxygens (including phenoxy) is 3. The molecule has 3 aliphatic heterocycles. The summed E-state index contributed by atoms with van der Waals surface area (Å²) < 4.78 is 17.0. The molecule has 1 aromatic heterocycles. The molecule has 10 nitrogen and oxygen atoms in total. The number of nitrogens with one attached hydrogen (secondary N) is 2. The molecule has 0 aliphatic carbocycles. The minimum atomic E-state index is 0.133. The molecule has 3 aliphatic rings. The second-order valence-corrected chi connectivity index (χ2v) is 10.0. The number of rotatable bonds is 8. The summed E-state index contributed by atoms with van der Waals surface area (Å²) >= 11 is 0. The molecule has 0 unspecified atom stereocenters. The van der Waals surface area contributed by atoms with Crippen LogP contribution >= 0.6 is 0 Å². The number of methoxy groups -OCH3 is 1. The van der Waals surface area contributed by atoms with Crippen LogP contribution in [0.3, 0.4) is 0 Å². The van der Waals surface area contributed by atoms with Crippen LogP contribution in [-0.2, 0) is 16.0 Å². The Balaban J connectivity index is 1.51. The van der Waals surface area contributed by atoms with E-state index in [0.717, 1.165) is 78.5 Å². The molecule has 10 heteroatoms. The molecule has 3 fully saturated rings. The summed E-state index contributed by atoms with van der Waals surface area (Å²) in [7, 11) is 1.68. The van der Waals surface area contributed by atoms with Crippen molar-refractivity contribution in [2.45, 2.75) is 26.0 Å². The van der Waals surface area contributed by atoms with Crippen molar-refractivity contribution in [3.05, 3.63) is 58.6 Å². The maximum Gasteiger partial charge on any atom is 0.228 e. The molecule has 0 spiro atoms. The van der Waals surface area contributed by atoms with Crippen LogP contribution in [0.4, 0.5) is 11.8 Å². The van der Waals surface area contributed by atoms with Gasteiger partial charge in [-0.05, 0) is 36.3 Å². The predicted octanol–water partition coefficient (Wildman–Crippen LogP) is 1.40. The number of hydrogen-bond donors (Lipinski definition) is 2. The van der Waals surface area contributed by atoms with Crippen molar-refractivity contribution in [3.63, 3.8) is 0 Å². The first kappa shape index (κ1) is 27.8. The third-order valence-corrected chi connectivity index (χ3v) is 7.25. The van der Waals surface area contributed by atoms with Crippen molar-refractivity contribution < 1.29 is 14.2 Å². The SMILES string of the molecule is C=C/C(=C\C=c1\c(N2CCOCC2)nc(N2CCO[C@@H](C)C2)nc1=C)c1ccc(OC)c(CN=C2CCNN2)c1. The minimum Gasteiger partial charge on any atom is -0.496 e. The van der Waals surface area contributed by atoms with E-state index in [0.29, 0.717) is 37.7 Å². The highest BCUT2D eigenvalue weighted by Crippen LogP contribution is 2.26. The van der Waals surface area contributed by atoms with E-state index in [9.17, 15) is 0 Å². The number of hydrogen-bond acceptors (Lipinski definition) is 9. The molecule has 0 amide bonds. The van der Waals surface area contributed by atoms with Crippen LogP contribution in [0.2, 0.25) is 0 Å². The van der Waals surface area contributed by atoms with Gasteiger partial charge in [0.05, 0.1) is 44.9 Å². The molecule has 212 valence electrons. The van der Waals surface area contributed by atoms with Crippen LogP contribution in [0.25, 0.3) is 18.2 Å². The molecule has 1 aromatic carbocycles. The Hall–Kier alpha value is -3.73. The summed E-state index contributed by atoms with van der Waals surface area (Å²) in [6.07, 6.45) is 6.99. The number of morpholine rings is 2. The summed E-state index contributed by atoms with van der Waals surface area (Å²) in [6.45, 7) is 16.9. The number of hydrazine groups is 1. The standard InChI is InChI=1S/C30H39N7O3/c1-5-23(24-7-9-27(38-4)25(18-24)19-31-28-10-11-32-35-28)6-8-26-22(3)33-30(37-14-17-40-21(2)20-37)34-29(26)36-12-15-39-16-13-36/h5-9,18,21,32H,1,3,10-17,19-20H2,2,4H3,(H,31,35)/b23-6+,26-8+/t21-/m0/s1. The Labute approximate surface area is 235 Å². The average Bonchev–Trinajstić information content (AvgIpc) is 3.51. The van der Waals surface area contributed by atoms with Crippen molar-refractivity contribution in [3.8, 4) is 5.75 Å². The molecule has 3 saturated heterocycles. The van der Waals surface area contributed by atoms with E-state index in [2.05, 4.69) is 52.9 Å². The maximum absolute atomic E-state index is 5.73. The summed E-state index contributed by atoms with van der Waals surface area (Å²) in [5, 5.41) is 1.58. The number of aliphatic imine (C=N–C) groups is 1. The summed E-state index contributed by atoms with van der Waals surface area (Å²) in [5.74, 6) is 3.33. The van der Waals surface area contributed by atoms with Gasteiger partial charge in [-0.2, -0.15) is 4.98 Å². The summed E-state index contributed by atoms with van der Waals surface area (Å²) in [4.78, 5) is 19.0. The zero-order valence-electron chi connectivity index (χ0n) is 23.5. The molecule has 0 bridgehead atoms. The molecule has 4 heterocycles. The van der Waals surface area contributed by atoms with E-state index >= 15 is 0 Å². The molecule has 2 N–H and O–H groups in total. The lowest BCUT2D eigenvalue weighted by Gasteiger charge is -2.33. The molecule has 40 heavy (non-hydrogen) atoms. The van der Waals surface area contributed by atoms with Crippen molar-refractivity contribution in [2.24, 2.45) is 4.99 Å². The fourth-order valence-electron chi connectivity index (χ4n) is 5.06. The van der Waals surface area contributed by atoms with Crippen molar-refractivity contribution in [1.29, 1.82) is 0 Å². The van der Waals surface area contributed by atoms with E-state index in [1.807, 2.05) is 24.3 Å². The first-order valence-corrected chi connectivity index (χ1v) is 13.9. The predicted molar refractivity (Wildman–Crippen MR) is 160 cm³/mol. The quantitative estimate of drug-likeness (QED) is 0.478. The molecule has 1 atom stereocenters. The summed E-state index contributed by atoms with van der Waals surface area (Å²) in [5.41, 5.74) is 9.20. The number of allylic oxidation sites excluding steroid dienone is 3. The zero-order valence-corrected chi connectivity index (χ0v) is 23.5. The molecule has 2 aromatic rings. The fraction of sp³-hybridized carbons (Fsp3) is 0.433. The van der Waals surface area contributed by atoms with Gasteiger partial charge in [0.15, 0.2) is 0 Å². The van der Waals surface area contributed by atoms with E-state index in [4.69, 9.17) is 29.2 Å². The lowest BCUT2D eigenvalue weighted by molar-refractivity contribution is 0.0526. The maximum atomic E-state index is 5.73. The van der Waals surface area contributed by atoms with Crippen LogP contribution in [-0.4, -0.2) is 81.6 Å². The highest BCUT2D eigenvalue weighted by atomic mass is 16.5. The fourth-order valence-corrected chi connectivity index (χ4v) is 5.06. The Bertz CT molecular complexity index is 1380. The topological polar surface area (TPSA) is 96.4 Å². The second-order valence-electron chi connectivity index (χ2n) is 10.0. The summed E-state index contributed by atoms with van der Waals surface area (Å²) in [6, 6.07) is 6.13. The third-order valence-electron chi connectivity index (χ3n) is 7.25. The number of anilines is 2. The Morgan fingerprint density at radius 3 is 2.75 bits per heavy atom. The van der Waals surface area contributed by atoms with E-state index in [-0.39, 0.29) is 6.10 Å². The molecule has 0 radical (unpaired) electrons. The lowest BCUT2D eigenvalue weighted by atomic mass is 10.0. The monoisotopic (exact) mass is 545 g/mol. The van der Waals surface area contributed by atoms with Crippen LogP contribution in [0.1, 0.15) is 24.5 Å².